The van der Waals surface area contributed by atoms with Gasteiger partial charge in [-0.05, 0) is 25.3 Å². The lowest BCUT2D eigenvalue weighted by molar-refractivity contribution is 0.961. The molecule has 0 saturated heterocycles. The molecule has 0 aromatic carbocycles. The molecule has 0 aromatic heterocycles. The summed E-state index contributed by atoms with van der Waals surface area (Å²) in [6, 6.07) is 0. The average Bonchev–Trinajstić information content (AvgIpc) is 1.77. The third kappa shape index (κ3) is 1.31. The van der Waals surface area contributed by atoms with Gasteiger partial charge >= 0.3 is 0 Å². The van der Waals surface area contributed by atoms with Crippen LogP contribution in [0.3, 0.4) is 0 Å². The van der Waals surface area contributed by atoms with Crippen LogP contribution in [0.4, 0.5) is 0 Å². The Balaban J connectivity index is 3.02. The number of rotatable bonds is 0. The van der Waals surface area contributed by atoms with Crippen molar-refractivity contribution in [2.24, 2.45) is 0 Å². The lowest BCUT2D eigenvalue weighted by Crippen LogP contribution is -1.79. The minimum Gasteiger partial charge on any atom is -0.139 e. The van der Waals surface area contributed by atoms with Crippen molar-refractivity contribution in [2.45, 2.75) is 19.8 Å². The predicted molar refractivity (Wildman–Crippen MR) is 37.9 cm³/mol. The summed E-state index contributed by atoms with van der Waals surface area (Å²) in [6.07, 6.45) is 2.15. The van der Waals surface area contributed by atoms with Crippen molar-refractivity contribution in [1.29, 1.82) is 0 Å². The van der Waals surface area contributed by atoms with Crippen molar-refractivity contribution in [3.63, 3.8) is 0 Å². The van der Waals surface area contributed by atoms with Crippen molar-refractivity contribution in [2.75, 3.05) is 0 Å². The molecule has 1 aliphatic carbocycles. The molecule has 0 nitrogen and oxygen atoms in total. The van der Waals surface area contributed by atoms with Gasteiger partial charge in [-0.25, -0.2) is 0 Å². The zero-order chi connectivity index (χ0) is 5.98. The Hall–Kier alpha value is -0.350. The van der Waals surface area contributed by atoms with Gasteiger partial charge in [0.05, 0.1) is 0 Å². The maximum Gasteiger partial charge on any atom is 0.0322 e. The van der Waals surface area contributed by atoms with Crippen molar-refractivity contribution in [3.05, 3.63) is 21.9 Å². The van der Waals surface area contributed by atoms with Crippen LogP contribution in [0.5, 0.6) is 0 Å². The van der Waals surface area contributed by atoms with Crippen LogP contribution in [0, 0.1) is 0 Å². The van der Waals surface area contributed by atoms with Crippen LogP contribution in [0.25, 0.3) is 0 Å². The molecule has 0 atom stereocenters. The van der Waals surface area contributed by atoms with Gasteiger partial charge in [-0.1, -0.05) is 11.5 Å². The molecule has 0 bridgehead atoms. The zero-order valence-corrected chi connectivity index (χ0v) is 5.76. The van der Waals surface area contributed by atoms with E-state index in [1.54, 1.807) is 0 Å². The zero-order valence-electron chi connectivity index (χ0n) is 4.86. The second-order valence-corrected chi connectivity index (χ2v) is 2.52. The van der Waals surface area contributed by atoms with E-state index in [0.29, 0.717) is 0 Å². The molecule has 0 spiro atoms. The van der Waals surface area contributed by atoms with Crippen molar-refractivity contribution < 1.29 is 0 Å². The van der Waals surface area contributed by atoms with Gasteiger partial charge in [-0.3, -0.25) is 0 Å². The van der Waals surface area contributed by atoms with Crippen molar-refractivity contribution in [3.8, 4) is 0 Å². The van der Waals surface area contributed by atoms with E-state index in [0.717, 1.165) is 17.7 Å². The molecular formula is C7H8S. The number of hydrogen-bond donors (Lipinski definition) is 1. The van der Waals surface area contributed by atoms with E-state index in [1.165, 1.54) is 5.57 Å². The van der Waals surface area contributed by atoms with E-state index < -0.39 is 0 Å². The summed E-state index contributed by atoms with van der Waals surface area (Å²) in [4.78, 5) is 1.02. The second kappa shape index (κ2) is 2.28. The van der Waals surface area contributed by atoms with Crippen molar-refractivity contribution >= 4 is 12.6 Å². The molecule has 1 aliphatic rings. The molecule has 0 N–H and O–H groups in total. The van der Waals surface area contributed by atoms with Crippen molar-refractivity contribution in [1.82, 2.24) is 0 Å². The Morgan fingerprint density at radius 1 is 1.38 bits per heavy atom. The third-order valence-electron chi connectivity index (χ3n) is 1.16. The highest BCUT2D eigenvalue weighted by Crippen LogP contribution is 2.15. The summed E-state index contributed by atoms with van der Waals surface area (Å²) in [5.74, 6) is 0. The van der Waals surface area contributed by atoms with E-state index in [1.807, 2.05) is 0 Å². The van der Waals surface area contributed by atoms with Gasteiger partial charge in [0, 0.05) is 4.91 Å². The van der Waals surface area contributed by atoms with E-state index in [-0.39, 0.29) is 0 Å². The molecular weight excluding hydrogens is 116 g/mol. The second-order valence-electron chi connectivity index (χ2n) is 1.98. The Morgan fingerprint density at radius 2 is 2.12 bits per heavy atom. The Labute approximate surface area is 55.0 Å². The fourth-order valence-electron chi connectivity index (χ4n) is 0.610. The molecule has 1 rings (SSSR count). The minimum atomic E-state index is 1.02. The fourth-order valence-corrected chi connectivity index (χ4v) is 0.777. The molecule has 0 saturated carbocycles. The SMILES string of the molecule is CC1=C=C=C(S)CC1. The van der Waals surface area contributed by atoms with E-state index in [2.05, 4.69) is 31.0 Å². The van der Waals surface area contributed by atoms with Crippen LogP contribution in [-0.2, 0) is 0 Å². The maximum absolute atomic E-state index is 4.13. The van der Waals surface area contributed by atoms with Gasteiger partial charge < -0.3 is 0 Å². The standard InChI is InChI=1S/C7H8S/c1-6-2-4-7(8)5-3-6/h8H,2,4H2,1H3. The lowest BCUT2D eigenvalue weighted by atomic mass is 10.1. The van der Waals surface area contributed by atoms with Crippen LogP contribution >= 0.6 is 12.6 Å². The first-order valence-electron chi connectivity index (χ1n) is 2.68. The molecule has 0 radical (unpaired) electrons. The summed E-state index contributed by atoms with van der Waals surface area (Å²) < 4.78 is 0. The Kier molecular flexibility index (Phi) is 1.65. The molecule has 42 valence electrons. The van der Waals surface area contributed by atoms with Gasteiger partial charge in [-0.15, -0.1) is 12.6 Å². The molecule has 0 aromatic rings. The molecule has 0 fully saturated rings. The lowest BCUT2D eigenvalue weighted by Gasteiger charge is -1.98. The first kappa shape index (κ1) is 5.78. The van der Waals surface area contributed by atoms with Crippen LogP contribution in [-0.4, -0.2) is 0 Å². The van der Waals surface area contributed by atoms with E-state index >= 15 is 0 Å². The van der Waals surface area contributed by atoms with Crippen LogP contribution < -0.4 is 0 Å². The normalized spacial score (nSPS) is 17.8. The molecule has 0 heterocycles. The third-order valence-corrected chi connectivity index (χ3v) is 1.49. The van der Waals surface area contributed by atoms with Crippen LogP contribution in [0.15, 0.2) is 21.9 Å². The van der Waals surface area contributed by atoms with Crippen LogP contribution in [0.2, 0.25) is 0 Å². The summed E-state index contributed by atoms with van der Waals surface area (Å²) in [5, 5.41) is 0. The van der Waals surface area contributed by atoms with Gasteiger partial charge in [-0.2, -0.15) is 0 Å². The Morgan fingerprint density at radius 3 is 2.50 bits per heavy atom. The minimum absolute atomic E-state index is 1.02. The predicted octanol–water partition coefficient (Wildman–Crippen LogP) is 2.29. The number of allylic oxidation sites excluding steroid dienone is 2. The smallest absolute Gasteiger partial charge is 0.0322 e. The van der Waals surface area contributed by atoms with E-state index in [4.69, 9.17) is 0 Å². The van der Waals surface area contributed by atoms with Gasteiger partial charge in [0.15, 0.2) is 0 Å². The molecule has 0 amide bonds. The molecule has 8 heavy (non-hydrogen) atoms. The summed E-state index contributed by atoms with van der Waals surface area (Å²) >= 11 is 4.13. The number of thiol groups is 1. The Bertz CT molecular complexity index is 166. The molecule has 1 heteroatoms. The highest BCUT2D eigenvalue weighted by Gasteiger charge is 1.94. The summed E-state index contributed by atoms with van der Waals surface area (Å²) in [5.41, 5.74) is 7.19. The first-order valence-corrected chi connectivity index (χ1v) is 3.13. The summed E-state index contributed by atoms with van der Waals surface area (Å²) in [6.45, 7) is 2.06. The van der Waals surface area contributed by atoms with Gasteiger partial charge in [0.2, 0.25) is 0 Å². The van der Waals surface area contributed by atoms with Gasteiger partial charge in [0.25, 0.3) is 0 Å². The maximum atomic E-state index is 4.13. The summed E-state index contributed by atoms with van der Waals surface area (Å²) in [7, 11) is 0. The first-order chi connectivity index (χ1) is 3.79. The number of hydrogen-bond acceptors (Lipinski definition) is 1. The topological polar surface area (TPSA) is 0 Å². The largest absolute Gasteiger partial charge is 0.139 e. The van der Waals surface area contributed by atoms with Gasteiger partial charge in [0.1, 0.15) is 0 Å². The monoisotopic (exact) mass is 124 g/mol. The molecule has 0 unspecified atom stereocenters. The highest BCUT2D eigenvalue weighted by molar-refractivity contribution is 7.84. The fraction of sp³-hybridized carbons (Fsp3) is 0.429. The average molecular weight is 124 g/mol. The highest BCUT2D eigenvalue weighted by atomic mass is 32.1. The van der Waals surface area contributed by atoms with E-state index in [9.17, 15) is 0 Å². The molecule has 0 aliphatic heterocycles. The quantitative estimate of drug-likeness (QED) is 0.372. The van der Waals surface area contributed by atoms with Crippen LogP contribution in [0.1, 0.15) is 19.8 Å².